The normalized spacial score (nSPS) is 15.9. The van der Waals surface area contributed by atoms with Gasteiger partial charge < -0.3 is 16.0 Å². The standard InChI is InChI=1S/C13H19N3.C2H6/c1-2-13(14)11-4-3-5-12(10-11)16-8-6-15-7-9-16;1-2/h2-5,10,15H,6-9,14H2,1H3;1-2H3/b13-2-;. The molecule has 0 aliphatic carbocycles. The van der Waals surface area contributed by atoms with E-state index in [1.807, 2.05) is 26.8 Å². The number of nitrogens with two attached hydrogens (primary N) is 1. The van der Waals surface area contributed by atoms with Crippen LogP contribution in [0.3, 0.4) is 0 Å². The van der Waals surface area contributed by atoms with Crippen LogP contribution in [0.2, 0.25) is 0 Å². The van der Waals surface area contributed by atoms with E-state index in [9.17, 15) is 0 Å². The molecule has 0 saturated carbocycles. The summed E-state index contributed by atoms with van der Waals surface area (Å²) in [5, 5.41) is 3.36. The maximum Gasteiger partial charge on any atom is 0.0373 e. The van der Waals surface area contributed by atoms with E-state index in [-0.39, 0.29) is 0 Å². The van der Waals surface area contributed by atoms with Crippen LogP contribution >= 0.6 is 0 Å². The van der Waals surface area contributed by atoms with E-state index >= 15 is 0 Å². The van der Waals surface area contributed by atoms with Crippen LogP contribution in [0.1, 0.15) is 26.3 Å². The van der Waals surface area contributed by atoms with Gasteiger partial charge in [-0.05, 0) is 24.6 Å². The molecule has 0 aromatic heterocycles. The van der Waals surface area contributed by atoms with Gasteiger partial charge in [0.25, 0.3) is 0 Å². The van der Waals surface area contributed by atoms with Crippen LogP contribution in [-0.4, -0.2) is 26.2 Å². The molecule has 0 spiro atoms. The van der Waals surface area contributed by atoms with E-state index in [2.05, 4.69) is 34.5 Å². The van der Waals surface area contributed by atoms with Crippen LogP contribution in [0.4, 0.5) is 5.69 Å². The first-order chi connectivity index (χ1) is 8.81. The molecule has 3 N–H and O–H groups in total. The van der Waals surface area contributed by atoms with E-state index in [1.54, 1.807) is 0 Å². The van der Waals surface area contributed by atoms with Crippen molar-refractivity contribution in [3.05, 3.63) is 35.9 Å². The molecule has 1 fully saturated rings. The molecule has 1 saturated heterocycles. The monoisotopic (exact) mass is 247 g/mol. The van der Waals surface area contributed by atoms with E-state index < -0.39 is 0 Å². The molecular weight excluding hydrogens is 222 g/mol. The van der Waals surface area contributed by atoms with Gasteiger partial charge in [-0.15, -0.1) is 0 Å². The molecule has 0 bridgehead atoms. The predicted molar refractivity (Wildman–Crippen MR) is 80.7 cm³/mol. The molecule has 18 heavy (non-hydrogen) atoms. The highest BCUT2D eigenvalue weighted by molar-refractivity contribution is 5.66. The molecule has 3 heteroatoms. The molecule has 0 atom stereocenters. The van der Waals surface area contributed by atoms with Gasteiger partial charge in [-0.2, -0.15) is 0 Å². The van der Waals surface area contributed by atoms with Crippen molar-refractivity contribution in [1.82, 2.24) is 5.32 Å². The smallest absolute Gasteiger partial charge is 0.0373 e. The number of nitrogens with one attached hydrogen (secondary N) is 1. The average Bonchev–Trinajstić information content (AvgIpc) is 2.49. The second-order valence-corrected chi connectivity index (χ2v) is 4.03. The molecule has 1 aliphatic heterocycles. The van der Waals surface area contributed by atoms with Gasteiger partial charge in [-0.3, -0.25) is 0 Å². The topological polar surface area (TPSA) is 41.3 Å². The molecule has 0 radical (unpaired) electrons. The third-order valence-corrected chi connectivity index (χ3v) is 2.97. The number of hydrogen-bond donors (Lipinski definition) is 2. The Bertz CT molecular complexity index is 379. The highest BCUT2D eigenvalue weighted by atomic mass is 15.2. The number of nitrogens with zero attached hydrogens (tertiary/aromatic N) is 1. The van der Waals surface area contributed by atoms with Crippen LogP contribution in [-0.2, 0) is 0 Å². The third-order valence-electron chi connectivity index (χ3n) is 2.97. The Kier molecular flexibility index (Phi) is 6.29. The molecular formula is C15H25N3. The summed E-state index contributed by atoms with van der Waals surface area (Å²) >= 11 is 0. The Morgan fingerprint density at radius 2 is 1.94 bits per heavy atom. The SMILES string of the molecule is C/C=C(\N)c1cccc(N2CCNCC2)c1.CC. The van der Waals surface area contributed by atoms with E-state index in [0.717, 1.165) is 37.4 Å². The summed E-state index contributed by atoms with van der Waals surface area (Å²) in [4.78, 5) is 2.39. The Balaban J connectivity index is 0.000000771. The van der Waals surface area contributed by atoms with Crippen molar-refractivity contribution in [2.24, 2.45) is 5.73 Å². The number of benzene rings is 1. The van der Waals surface area contributed by atoms with E-state index in [4.69, 9.17) is 5.73 Å². The summed E-state index contributed by atoms with van der Waals surface area (Å²) in [6.07, 6.45) is 1.94. The first-order valence-electron chi connectivity index (χ1n) is 6.79. The van der Waals surface area contributed by atoms with Crippen molar-refractivity contribution in [2.75, 3.05) is 31.1 Å². The van der Waals surface area contributed by atoms with Gasteiger partial charge in [-0.25, -0.2) is 0 Å². The lowest BCUT2D eigenvalue weighted by Crippen LogP contribution is -2.43. The van der Waals surface area contributed by atoms with Crippen LogP contribution in [0.15, 0.2) is 30.3 Å². The maximum atomic E-state index is 5.92. The van der Waals surface area contributed by atoms with E-state index in [1.165, 1.54) is 5.69 Å². The summed E-state index contributed by atoms with van der Waals surface area (Å²) in [7, 11) is 0. The lowest BCUT2D eigenvalue weighted by Gasteiger charge is -2.29. The van der Waals surface area contributed by atoms with Crippen LogP contribution < -0.4 is 16.0 Å². The van der Waals surface area contributed by atoms with Gasteiger partial charge in [0.1, 0.15) is 0 Å². The highest BCUT2D eigenvalue weighted by Crippen LogP contribution is 2.19. The quantitative estimate of drug-likeness (QED) is 0.843. The van der Waals surface area contributed by atoms with Gasteiger partial charge >= 0.3 is 0 Å². The number of allylic oxidation sites excluding steroid dienone is 1. The zero-order chi connectivity index (χ0) is 13.4. The molecule has 2 rings (SSSR count). The fourth-order valence-electron chi connectivity index (χ4n) is 1.97. The van der Waals surface area contributed by atoms with Crippen molar-refractivity contribution >= 4 is 11.4 Å². The van der Waals surface area contributed by atoms with Crippen molar-refractivity contribution in [3.63, 3.8) is 0 Å². The Labute approximate surface area is 111 Å². The summed E-state index contributed by atoms with van der Waals surface area (Å²) in [5.41, 5.74) is 9.14. The summed E-state index contributed by atoms with van der Waals surface area (Å²) in [6, 6.07) is 8.45. The summed E-state index contributed by atoms with van der Waals surface area (Å²) in [6.45, 7) is 10.2. The van der Waals surface area contributed by atoms with Gasteiger partial charge in [0.05, 0.1) is 0 Å². The minimum atomic E-state index is 0.844. The van der Waals surface area contributed by atoms with Crippen molar-refractivity contribution < 1.29 is 0 Å². The van der Waals surface area contributed by atoms with Crippen molar-refractivity contribution in [1.29, 1.82) is 0 Å². The van der Waals surface area contributed by atoms with E-state index in [0.29, 0.717) is 0 Å². The van der Waals surface area contributed by atoms with Gasteiger partial charge in [0.15, 0.2) is 0 Å². The number of anilines is 1. The number of rotatable bonds is 2. The van der Waals surface area contributed by atoms with Crippen LogP contribution in [0.5, 0.6) is 0 Å². The highest BCUT2D eigenvalue weighted by Gasteiger charge is 2.10. The van der Waals surface area contributed by atoms with Crippen LogP contribution in [0.25, 0.3) is 5.70 Å². The summed E-state index contributed by atoms with van der Waals surface area (Å²) < 4.78 is 0. The zero-order valence-electron chi connectivity index (χ0n) is 11.7. The Morgan fingerprint density at radius 3 is 2.56 bits per heavy atom. The molecule has 1 aliphatic rings. The molecule has 3 nitrogen and oxygen atoms in total. The van der Waals surface area contributed by atoms with Gasteiger partial charge in [0, 0.05) is 37.6 Å². The second-order valence-electron chi connectivity index (χ2n) is 4.03. The molecule has 1 heterocycles. The largest absolute Gasteiger partial charge is 0.399 e. The first-order valence-corrected chi connectivity index (χ1v) is 6.79. The predicted octanol–water partition coefficient (Wildman–Crippen LogP) is 2.44. The van der Waals surface area contributed by atoms with Gasteiger partial charge in [-0.1, -0.05) is 32.1 Å². The minimum Gasteiger partial charge on any atom is -0.399 e. The Hall–Kier alpha value is -1.48. The molecule has 1 aromatic rings. The molecule has 100 valence electrons. The van der Waals surface area contributed by atoms with Gasteiger partial charge in [0.2, 0.25) is 0 Å². The van der Waals surface area contributed by atoms with Crippen LogP contribution in [0, 0.1) is 0 Å². The lowest BCUT2D eigenvalue weighted by molar-refractivity contribution is 0.589. The fraction of sp³-hybridized carbons (Fsp3) is 0.467. The summed E-state index contributed by atoms with van der Waals surface area (Å²) in [5.74, 6) is 0. The second kappa shape index (κ2) is 7.77. The number of piperazine rings is 1. The molecule has 0 amide bonds. The van der Waals surface area contributed by atoms with Crippen molar-refractivity contribution in [3.8, 4) is 0 Å². The maximum absolute atomic E-state index is 5.92. The minimum absolute atomic E-state index is 0.844. The fourth-order valence-corrected chi connectivity index (χ4v) is 1.97. The molecule has 0 unspecified atom stereocenters. The Morgan fingerprint density at radius 1 is 1.28 bits per heavy atom. The van der Waals surface area contributed by atoms with Crippen molar-refractivity contribution in [2.45, 2.75) is 20.8 Å². The lowest BCUT2D eigenvalue weighted by atomic mass is 10.1. The first kappa shape index (κ1) is 14.6. The third kappa shape index (κ3) is 3.77. The number of hydrogen-bond acceptors (Lipinski definition) is 3. The zero-order valence-corrected chi connectivity index (χ0v) is 11.7. The average molecular weight is 247 g/mol. The molecule has 1 aromatic carbocycles.